The van der Waals surface area contributed by atoms with Gasteiger partial charge in [0.2, 0.25) is 0 Å². The van der Waals surface area contributed by atoms with Crippen LogP contribution in [0.1, 0.15) is 28.2 Å². The third kappa shape index (κ3) is 3.83. The molecular weight excluding hydrogens is 410 g/mol. The molecule has 4 nitrogen and oxygen atoms in total. The lowest BCUT2D eigenvalue weighted by Crippen LogP contribution is -2.26. The van der Waals surface area contributed by atoms with Gasteiger partial charge in [-0.3, -0.25) is 4.79 Å². The van der Waals surface area contributed by atoms with Gasteiger partial charge in [0.05, 0.1) is 6.04 Å². The van der Waals surface area contributed by atoms with Gasteiger partial charge in [-0.1, -0.05) is 56.3 Å². The molecule has 0 radical (unpaired) electrons. The maximum absolute atomic E-state index is 12.6. The van der Waals surface area contributed by atoms with Gasteiger partial charge in [0.25, 0.3) is 5.91 Å². The van der Waals surface area contributed by atoms with Crippen LogP contribution in [-0.2, 0) is 0 Å². The highest BCUT2D eigenvalue weighted by Gasteiger charge is 2.19. The standard InChI is InChI=1S/C17H13BrClN3OS/c1-10(11-4-8-14(19)9-5-11)20-17(23)16-15(21-22-24-16)12-2-6-13(18)7-3-12/h2-10H,1H3,(H,20,23)/t10-/m0/s1. The van der Waals surface area contributed by atoms with Crippen LogP contribution in [0.25, 0.3) is 11.3 Å². The van der Waals surface area contributed by atoms with Gasteiger partial charge in [0.15, 0.2) is 0 Å². The largest absolute Gasteiger partial charge is 0.345 e. The smallest absolute Gasteiger partial charge is 0.265 e. The summed E-state index contributed by atoms with van der Waals surface area (Å²) in [7, 11) is 0. The van der Waals surface area contributed by atoms with Crippen LogP contribution in [0, 0.1) is 0 Å². The Morgan fingerprint density at radius 3 is 2.50 bits per heavy atom. The third-order valence-corrected chi connectivity index (χ3v) is 5.03. The average molecular weight is 423 g/mol. The van der Waals surface area contributed by atoms with E-state index in [1.54, 1.807) is 12.1 Å². The highest BCUT2D eigenvalue weighted by Crippen LogP contribution is 2.26. The summed E-state index contributed by atoms with van der Waals surface area (Å²) in [5.74, 6) is -0.189. The van der Waals surface area contributed by atoms with Gasteiger partial charge in [-0.15, -0.1) is 5.10 Å². The van der Waals surface area contributed by atoms with Crippen molar-refractivity contribution in [3.05, 3.63) is 68.5 Å². The number of halogens is 2. The van der Waals surface area contributed by atoms with Gasteiger partial charge >= 0.3 is 0 Å². The quantitative estimate of drug-likeness (QED) is 0.635. The van der Waals surface area contributed by atoms with E-state index in [9.17, 15) is 4.79 Å². The third-order valence-electron chi connectivity index (χ3n) is 3.53. The molecule has 0 aliphatic rings. The first kappa shape index (κ1) is 17.1. The van der Waals surface area contributed by atoms with Crippen molar-refractivity contribution in [1.29, 1.82) is 0 Å². The SMILES string of the molecule is C[C@H](NC(=O)c1snnc1-c1ccc(Br)cc1)c1ccc(Cl)cc1. The minimum Gasteiger partial charge on any atom is -0.345 e. The van der Waals surface area contributed by atoms with E-state index in [0.29, 0.717) is 15.6 Å². The van der Waals surface area contributed by atoms with Crippen molar-refractivity contribution in [1.82, 2.24) is 14.9 Å². The van der Waals surface area contributed by atoms with Crippen molar-refractivity contribution < 1.29 is 4.79 Å². The van der Waals surface area contributed by atoms with Gasteiger partial charge in [-0.25, -0.2) is 0 Å². The lowest BCUT2D eigenvalue weighted by atomic mass is 10.1. The zero-order valence-electron chi connectivity index (χ0n) is 12.7. The molecule has 122 valence electrons. The Bertz CT molecular complexity index is 849. The van der Waals surface area contributed by atoms with E-state index >= 15 is 0 Å². The molecule has 7 heteroatoms. The Balaban J connectivity index is 1.80. The molecule has 1 aromatic heterocycles. The second kappa shape index (κ2) is 7.42. The summed E-state index contributed by atoms with van der Waals surface area (Å²) in [6, 6.07) is 14.9. The van der Waals surface area contributed by atoms with E-state index in [0.717, 1.165) is 27.1 Å². The summed E-state index contributed by atoms with van der Waals surface area (Å²) in [4.78, 5) is 13.1. The van der Waals surface area contributed by atoms with Crippen LogP contribution in [-0.4, -0.2) is 15.5 Å². The maximum atomic E-state index is 12.6. The molecule has 0 unspecified atom stereocenters. The van der Waals surface area contributed by atoms with Crippen LogP contribution in [0.15, 0.2) is 53.0 Å². The fourth-order valence-electron chi connectivity index (χ4n) is 2.23. The van der Waals surface area contributed by atoms with Gasteiger partial charge < -0.3 is 5.32 Å². The summed E-state index contributed by atoms with van der Waals surface area (Å²) in [5.41, 5.74) is 2.43. The number of nitrogens with one attached hydrogen (secondary N) is 1. The normalized spacial score (nSPS) is 12.0. The van der Waals surface area contributed by atoms with Crippen LogP contribution < -0.4 is 5.32 Å². The summed E-state index contributed by atoms with van der Waals surface area (Å²) in [5, 5.41) is 7.75. The van der Waals surface area contributed by atoms with E-state index in [1.807, 2.05) is 43.3 Å². The molecular formula is C17H13BrClN3OS. The molecule has 3 aromatic rings. The molecule has 0 saturated heterocycles. The molecule has 0 saturated carbocycles. The Morgan fingerprint density at radius 2 is 1.83 bits per heavy atom. The van der Waals surface area contributed by atoms with Gasteiger partial charge in [-0.05, 0) is 48.3 Å². The summed E-state index contributed by atoms with van der Waals surface area (Å²) in [6.07, 6.45) is 0. The molecule has 2 aromatic carbocycles. The first-order chi connectivity index (χ1) is 11.5. The number of amides is 1. The molecule has 1 atom stereocenters. The number of aromatic nitrogens is 2. The van der Waals surface area contributed by atoms with E-state index in [2.05, 4.69) is 30.8 Å². The lowest BCUT2D eigenvalue weighted by Gasteiger charge is -2.14. The fourth-order valence-corrected chi connectivity index (χ4v) is 3.21. The summed E-state index contributed by atoms with van der Waals surface area (Å²) in [6.45, 7) is 1.93. The minimum absolute atomic E-state index is 0.144. The molecule has 3 rings (SSSR count). The number of carbonyl (C=O) groups is 1. The maximum Gasteiger partial charge on any atom is 0.265 e. The molecule has 1 N–H and O–H groups in total. The fraction of sp³-hybridized carbons (Fsp3) is 0.118. The molecule has 24 heavy (non-hydrogen) atoms. The zero-order valence-corrected chi connectivity index (χ0v) is 15.8. The van der Waals surface area contributed by atoms with Crippen LogP contribution in [0.4, 0.5) is 0 Å². The molecule has 1 amide bonds. The molecule has 0 spiro atoms. The molecule has 0 bridgehead atoms. The number of hydrogen-bond acceptors (Lipinski definition) is 4. The Labute approximate surface area is 157 Å². The zero-order chi connectivity index (χ0) is 17.1. The highest BCUT2D eigenvalue weighted by atomic mass is 79.9. The Kier molecular flexibility index (Phi) is 5.28. The van der Waals surface area contributed by atoms with Gasteiger partial charge in [0.1, 0.15) is 10.6 Å². The molecule has 1 heterocycles. The van der Waals surface area contributed by atoms with Gasteiger partial charge in [-0.2, -0.15) is 0 Å². The van der Waals surface area contributed by atoms with Crippen molar-refractivity contribution >= 4 is 45.0 Å². The van der Waals surface area contributed by atoms with Crippen LogP contribution in [0.5, 0.6) is 0 Å². The van der Waals surface area contributed by atoms with Crippen molar-refractivity contribution in [2.24, 2.45) is 0 Å². The summed E-state index contributed by atoms with van der Waals surface area (Å²) < 4.78 is 4.90. The first-order valence-electron chi connectivity index (χ1n) is 7.19. The van der Waals surface area contributed by atoms with Crippen LogP contribution in [0.3, 0.4) is 0 Å². The summed E-state index contributed by atoms with van der Waals surface area (Å²) >= 11 is 10.4. The number of hydrogen-bond donors (Lipinski definition) is 1. The number of nitrogens with zero attached hydrogens (tertiary/aromatic N) is 2. The Hall–Kier alpha value is -1.76. The first-order valence-corrected chi connectivity index (χ1v) is 9.13. The average Bonchev–Trinajstić information content (AvgIpc) is 3.06. The van der Waals surface area contributed by atoms with Crippen LogP contribution >= 0.6 is 39.1 Å². The van der Waals surface area contributed by atoms with E-state index in [4.69, 9.17) is 11.6 Å². The Morgan fingerprint density at radius 1 is 1.17 bits per heavy atom. The second-order valence-electron chi connectivity index (χ2n) is 5.20. The van der Waals surface area contributed by atoms with Crippen molar-refractivity contribution in [2.45, 2.75) is 13.0 Å². The van der Waals surface area contributed by atoms with Crippen molar-refractivity contribution in [2.75, 3.05) is 0 Å². The monoisotopic (exact) mass is 421 g/mol. The van der Waals surface area contributed by atoms with Crippen molar-refractivity contribution in [3.8, 4) is 11.3 Å². The lowest BCUT2D eigenvalue weighted by molar-refractivity contribution is 0.0944. The predicted molar refractivity (Wildman–Crippen MR) is 100 cm³/mol. The van der Waals surface area contributed by atoms with Crippen molar-refractivity contribution in [3.63, 3.8) is 0 Å². The molecule has 0 fully saturated rings. The van der Waals surface area contributed by atoms with E-state index in [-0.39, 0.29) is 11.9 Å². The predicted octanol–water partition coefficient (Wildman–Crippen LogP) is 5.11. The number of carbonyl (C=O) groups excluding carboxylic acids is 1. The molecule has 0 aliphatic carbocycles. The number of benzene rings is 2. The highest BCUT2D eigenvalue weighted by molar-refractivity contribution is 9.10. The van der Waals surface area contributed by atoms with Crippen LogP contribution in [0.2, 0.25) is 5.02 Å². The number of rotatable bonds is 4. The molecule has 0 aliphatic heterocycles. The van der Waals surface area contributed by atoms with E-state index < -0.39 is 0 Å². The van der Waals surface area contributed by atoms with Gasteiger partial charge in [0, 0.05) is 15.1 Å². The minimum atomic E-state index is -0.189. The van der Waals surface area contributed by atoms with E-state index in [1.165, 1.54) is 0 Å². The second-order valence-corrected chi connectivity index (χ2v) is 7.31. The topological polar surface area (TPSA) is 54.9 Å².